The van der Waals surface area contributed by atoms with Gasteiger partial charge in [0.05, 0.1) is 10.0 Å². The normalized spacial score (nSPS) is 21.2. The molecule has 2 fully saturated rings. The highest BCUT2D eigenvalue weighted by molar-refractivity contribution is 7.89. The Kier molecular flexibility index (Phi) is 5.00. The van der Waals surface area contributed by atoms with Crippen LogP contribution in [0.1, 0.15) is 25.7 Å². The van der Waals surface area contributed by atoms with E-state index in [0.717, 1.165) is 25.3 Å². The highest BCUT2D eigenvalue weighted by atomic mass is 35.5. The van der Waals surface area contributed by atoms with Crippen LogP contribution >= 0.6 is 23.2 Å². The van der Waals surface area contributed by atoms with Crippen molar-refractivity contribution in [3.63, 3.8) is 0 Å². The van der Waals surface area contributed by atoms with Crippen molar-refractivity contribution in [3.8, 4) is 0 Å². The lowest BCUT2D eigenvalue weighted by molar-refractivity contribution is 0.288. The first-order valence-electron chi connectivity index (χ1n) is 7.66. The topological polar surface area (TPSA) is 49.4 Å². The number of hydrogen-bond acceptors (Lipinski definition) is 3. The minimum atomic E-state index is -3.62. The number of halogens is 2. The molecular weight excluding hydrogens is 343 g/mol. The van der Waals surface area contributed by atoms with Gasteiger partial charge in [0.15, 0.2) is 0 Å². The van der Waals surface area contributed by atoms with E-state index in [2.05, 4.69) is 5.32 Å². The van der Waals surface area contributed by atoms with Crippen LogP contribution in [0.5, 0.6) is 0 Å². The Hall–Kier alpha value is -0.330. The van der Waals surface area contributed by atoms with E-state index in [9.17, 15) is 8.42 Å². The number of rotatable bonds is 5. The van der Waals surface area contributed by atoms with Crippen molar-refractivity contribution in [2.75, 3.05) is 19.6 Å². The second-order valence-electron chi connectivity index (χ2n) is 6.08. The number of nitrogens with zero attached hydrogens (tertiary/aromatic N) is 1. The molecule has 4 nitrogen and oxygen atoms in total. The first-order chi connectivity index (χ1) is 10.5. The number of piperidine rings is 1. The molecule has 0 unspecified atom stereocenters. The lowest BCUT2D eigenvalue weighted by Gasteiger charge is -2.32. The summed E-state index contributed by atoms with van der Waals surface area (Å²) in [5, 5.41) is 3.91. The average Bonchev–Trinajstić information content (AvgIpc) is 3.29. The molecule has 1 heterocycles. The van der Waals surface area contributed by atoms with Crippen molar-refractivity contribution in [2.45, 2.75) is 36.6 Å². The molecule has 0 atom stereocenters. The largest absolute Gasteiger partial charge is 0.314 e. The van der Waals surface area contributed by atoms with Crippen molar-refractivity contribution in [2.24, 2.45) is 5.92 Å². The maximum Gasteiger partial charge on any atom is 0.246 e. The van der Waals surface area contributed by atoms with Crippen LogP contribution in [0.3, 0.4) is 0 Å². The summed E-state index contributed by atoms with van der Waals surface area (Å²) in [5.41, 5.74) is 0. The molecule has 3 rings (SSSR count). The maximum atomic E-state index is 12.7. The Morgan fingerprint density at radius 2 is 1.68 bits per heavy atom. The van der Waals surface area contributed by atoms with E-state index in [4.69, 9.17) is 23.2 Å². The monoisotopic (exact) mass is 362 g/mol. The molecule has 0 spiro atoms. The van der Waals surface area contributed by atoms with Gasteiger partial charge in [0.1, 0.15) is 4.90 Å². The fraction of sp³-hybridized carbons (Fsp3) is 0.600. The zero-order valence-corrected chi connectivity index (χ0v) is 14.6. The number of benzene rings is 1. The molecule has 0 aromatic heterocycles. The molecule has 7 heteroatoms. The van der Waals surface area contributed by atoms with Crippen LogP contribution in [0.25, 0.3) is 0 Å². The summed E-state index contributed by atoms with van der Waals surface area (Å²) in [4.78, 5) is 0.0303. The van der Waals surface area contributed by atoms with Gasteiger partial charge in [-0.05, 0) is 50.3 Å². The molecule has 1 aromatic carbocycles. The Morgan fingerprint density at radius 1 is 1.09 bits per heavy atom. The van der Waals surface area contributed by atoms with Gasteiger partial charge in [-0.25, -0.2) is 8.42 Å². The summed E-state index contributed by atoms with van der Waals surface area (Å²) < 4.78 is 27.0. The van der Waals surface area contributed by atoms with Gasteiger partial charge in [0, 0.05) is 19.1 Å². The van der Waals surface area contributed by atoms with Crippen LogP contribution in [0.4, 0.5) is 0 Å². The van der Waals surface area contributed by atoms with Crippen LogP contribution in [0, 0.1) is 5.92 Å². The second-order valence-corrected chi connectivity index (χ2v) is 8.77. The molecule has 0 bridgehead atoms. The van der Waals surface area contributed by atoms with Crippen LogP contribution in [-0.2, 0) is 10.0 Å². The number of hydrogen-bond donors (Lipinski definition) is 1. The average molecular weight is 363 g/mol. The minimum Gasteiger partial charge on any atom is -0.314 e. The highest BCUT2D eigenvalue weighted by Crippen LogP contribution is 2.33. The molecule has 1 saturated carbocycles. The zero-order chi connectivity index (χ0) is 15.7. The van der Waals surface area contributed by atoms with Gasteiger partial charge in [-0.2, -0.15) is 4.31 Å². The summed E-state index contributed by atoms with van der Waals surface area (Å²) in [7, 11) is -3.62. The first kappa shape index (κ1) is 16.5. The molecule has 1 aliphatic heterocycles. The van der Waals surface area contributed by atoms with E-state index in [0.29, 0.717) is 19.1 Å². The molecule has 22 heavy (non-hydrogen) atoms. The second kappa shape index (κ2) is 6.65. The molecule has 0 amide bonds. The SMILES string of the molecule is O=S(=O)(c1c(Cl)cccc1Cl)N1CCC(NCC2CC2)CC1. The molecule has 0 radical (unpaired) electrons. The maximum absolute atomic E-state index is 12.7. The van der Waals surface area contributed by atoms with Gasteiger partial charge in [0.25, 0.3) is 0 Å². The van der Waals surface area contributed by atoms with Crippen LogP contribution in [-0.4, -0.2) is 38.4 Å². The van der Waals surface area contributed by atoms with Crippen molar-refractivity contribution in [1.29, 1.82) is 0 Å². The van der Waals surface area contributed by atoms with Gasteiger partial charge in [0.2, 0.25) is 10.0 Å². The summed E-state index contributed by atoms with van der Waals surface area (Å²) in [6.07, 6.45) is 4.30. The fourth-order valence-electron chi connectivity index (χ4n) is 2.81. The predicted octanol–water partition coefficient (Wildman–Crippen LogP) is 3.15. The van der Waals surface area contributed by atoms with Crippen molar-refractivity contribution in [3.05, 3.63) is 28.2 Å². The molecule has 1 aliphatic carbocycles. The Morgan fingerprint density at radius 3 is 2.23 bits per heavy atom. The van der Waals surface area contributed by atoms with E-state index in [1.807, 2.05) is 0 Å². The fourth-order valence-corrected chi connectivity index (χ4v) is 5.37. The van der Waals surface area contributed by atoms with Crippen molar-refractivity contribution >= 4 is 33.2 Å². The third-order valence-electron chi connectivity index (χ3n) is 4.36. The first-order valence-corrected chi connectivity index (χ1v) is 9.85. The lowest BCUT2D eigenvalue weighted by Crippen LogP contribution is -2.45. The standard InChI is InChI=1S/C15H20Cl2N2O2S/c16-13-2-1-3-14(17)15(13)22(20,21)19-8-6-12(7-9-19)18-10-11-4-5-11/h1-3,11-12,18H,4-10H2. The predicted molar refractivity (Wildman–Crippen MR) is 89.0 cm³/mol. The lowest BCUT2D eigenvalue weighted by atomic mass is 10.1. The summed E-state index contributed by atoms with van der Waals surface area (Å²) in [6.45, 7) is 2.08. The Bertz CT molecular complexity index is 619. The Labute approximate surface area is 141 Å². The summed E-state index contributed by atoms with van der Waals surface area (Å²) >= 11 is 12.1. The van der Waals surface area contributed by atoms with E-state index < -0.39 is 10.0 Å². The van der Waals surface area contributed by atoms with Gasteiger partial charge >= 0.3 is 0 Å². The van der Waals surface area contributed by atoms with E-state index in [1.165, 1.54) is 17.1 Å². The molecule has 1 aromatic rings. The third kappa shape index (κ3) is 3.60. The van der Waals surface area contributed by atoms with E-state index in [-0.39, 0.29) is 14.9 Å². The molecule has 2 aliphatic rings. The van der Waals surface area contributed by atoms with E-state index >= 15 is 0 Å². The van der Waals surface area contributed by atoms with Gasteiger partial charge in [-0.3, -0.25) is 0 Å². The smallest absolute Gasteiger partial charge is 0.246 e. The van der Waals surface area contributed by atoms with Crippen molar-refractivity contribution in [1.82, 2.24) is 9.62 Å². The van der Waals surface area contributed by atoms with E-state index in [1.54, 1.807) is 18.2 Å². The zero-order valence-electron chi connectivity index (χ0n) is 12.3. The highest BCUT2D eigenvalue weighted by Gasteiger charge is 2.32. The van der Waals surface area contributed by atoms with Crippen LogP contribution in [0.2, 0.25) is 10.0 Å². The summed E-state index contributed by atoms with van der Waals surface area (Å²) in [5.74, 6) is 0.837. The van der Waals surface area contributed by atoms with Gasteiger partial charge in [-0.15, -0.1) is 0 Å². The van der Waals surface area contributed by atoms with Gasteiger partial charge < -0.3 is 5.32 Å². The molecule has 1 saturated heterocycles. The van der Waals surface area contributed by atoms with Crippen molar-refractivity contribution < 1.29 is 8.42 Å². The number of sulfonamides is 1. The minimum absolute atomic E-state index is 0.0303. The quantitative estimate of drug-likeness (QED) is 0.874. The third-order valence-corrected chi connectivity index (χ3v) is 7.22. The molecule has 1 N–H and O–H groups in total. The molecular formula is C15H20Cl2N2O2S. The molecule has 122 valence electrons. The van der Waals surface area contributed by atoms with Gasteiger partial charge in [-0.1, -0.05) is 29.3 Å². The summed E-state index contributed by atoms with van der Waals surface area (Å²) in [6, 6.07) is 5.18. The van der Waals surface area contributed by atoms with Crippen LogP contribution in [0.15, 0.2) is 23.1 Å². The van der Waals surface area contributed by atoms with Crippen LogP contribution < -0.4 is 5.32 Å². The Balaban J connectivity index is 1.66. The number of nitrogens with one attached hydrogen (secondary N) is 1.